The van der Waals surface area contributed by atoms with E-state index >= 15 is 0 Å². The highest BCUT2D eigenvalue weighted by Gasteiger charge is 2.51. The summed E-state index contributed by atoms with van der Waals surface area (Å²) in [5.74, 6) is 0.262. The van der Waals surface area contributed by atoms with Crippen molar-refractivity contribution in [3.63, 3.8) is 0 Å². The molecule has 2 aromatic heterocycles. The zero-order chi connectivity index (χ0) is 23.3. The summed E-state index contributed by atoms with van der Waals surface area (Å²) in [5.41, 5.74) is 5.18. The Balaban J connectivity index is 1.54. The molecule has 0 N–H and O–H groups in total. The normalized spacial score (nSPS) is 24.7. The zero-order valence-electron chi connectivity index (χ0n) is 19.1. The molecule has 1 spiro atoms. The van der Waals surface area contributed by atoms with Crippen LogP contribution in [0.2, 0.25) is 0 Å². The maximum absolute atomic E-state index is 13.2. The lowest BCUT2D eigenvalue weighted by molar-refractivity contribution is -0.141. The summed E-state index contributed by atoms with van der Waals surface area (Å²) in [4.78, 5) is 9.01. The van der Waals surface area contributed by atoms with Crippen LogP contribution in [-0.4, -0.2) is 36.4 Å². The van der Waals surface area contributed by atoms with Gasteiger partial charge in [-0.15, -0.1) is 0 Å². The molecule has 2 aromatic rings. The summed E-state index contributed by atoms with van der Waals surface area (Å²) >= 11 is 0. The van der Waals surface area contributed by atoms with Crippen LogP contribution in [-0.2, 0) is 38.8 Å². The van der Waals surface area contributed by atoms with Crippen LogP contribution in [0.3, 0.4) is 0 Å². The number of hydrogen-bond donors (Lipinski definition) is 0. The van der Waals surface area contributed by atoms with Crippen molar-refractivity contribution in [2.45, 2.75) is 75.2 Å². The van der Waals surface area contributed by atoms with Crippen LogP contribution in [0.5, 0.6) is 0 Å². The molecule has 0 saturated carbocycles. The van der Waals surface area contributed by atoms with Gasteiger partial charge < -0.3 is 14.2 Å². The second kappa shape index (κ2) is 8.57. The van der Waals surface area contributed by atoms with E-state index in [0.717, 1.165) is 68.7 Å². The predicted octanol–water partition coefficient (Wildman–Crippen LogP) is 5.39. The molecule has 2 fully saturated rings. The molecule has 1 aliphatic carbocycles. The van der Waals surface area contributed by atoms with Crippen molar-refractivity contribution in [1.82, 2.24) is 9.97 Å². The van der Waals surface area contributed by atoms with Gasteiger partial charge in [0.1, 0.15) is 11.8 Å². The first-order valence-electron chi connectivity index (χ1n) is 12.4. The van der Waals surface area contributed by atoms with Crippen LogP contribution in [0, 0.1) is 0 Å². The summed E-state index contributed by atoms with van der Waals surface area (Å²) < 4.78 is 57.8. The molecule has 5 heterocycles. The standard InChI is InChI=1S/C26H29F3N2O3/c27-26(28,29)20-6-5-17(15-30-20)24-21-22(25(34-24)9-13-33-14-10-25)18-3-1-2-4-19(18)31-23(21)16-7-11-32-12-8-16/h5-6,15-16,24H,1-4,7-14H2. The lowest BCUT2D eigenvalue weighted by atomic mass is 9.76. The minimum atomic E-state index is -4.47. The minimum absolute atomic E-state index is 0.262. The molecule has 2 saturated heterocycles. The smallest absolute Gasteiger partial charge is 0.381 e. The Morgan fingerprint density at radius 2 is 1.68 bits per heavy atom. The van der Waals surface area contributed by atoms with Crippen molar-refractivity contribution in [1.29, 1.82) is 0 Å². The highest BCUT2D eigenvalue weighted by atomic mass is 19.4. The lowest BCUT2D eigenvalue weighted by Gasteiger charge is -2.36. The molecule has 3 aliphatic heterocycles. The molecule has 0 bridgehead atoms. The third kappa shape index (κ3) is 3.74. The molecule has 4 aliphatic rings. The second-order valence-corrected chi connectivity index (χ2v) is 9.88. The Kier molecular flexibility index (Phi) is 5.66. The van der Waals surface area contributed by atoms with E-state index in [1.54, 1.807) is 0 Å². The number of pyridine rings is 2. The Bertz CT molecular complexity index is 1060. The summed E-state index contributed by atoms with van der Waals surface area (Å²) in [7, 11) is 0. The van der Waals surface area contributed by atoms with Gasteiger partial charge in [0.15, 0.2) is 0 Å². The largest absolute Gasteiger partial charge is 0.433 e. The summed E-state index contributed by atoms with van der Waals surface area (Å²) in [5, 5.41) is 0. The number of ether oxygens (including phenoxy) is 3. The molecule has 6 rings (SSSR count). The van der Waals surface area contributed by atoms with Crippen LogP contribution in [0.4, 0.5) is 13.2 Å². The van der Waals surface area contributed by atoms with E-state index in [4.69, 9.17) is 19.2 Å². The maximum atomic E-state index is 13.2. The van der Waals surface area contributed by atoms with Crippen LogP contribution < -0.4 is 0 Å². The monoisotopic (exact) mass is 474 g/mol. The second-order valence-electron chi connectivity index (χ2n) is 9.88. The van der Waals surface area contributed by atoms with Gasteiger partial charge in [0, 0.05) is 68.2 Å². The summed E-state index contributed by atoms with van der Waals surface area (Å²) in [6.45, 7) is 2.62. The van der Waals surface area contributed by atoms with Crippen molar-refractivity contribution in [2.24, 2.45) is 0 Å². The molecule has 182 valence electrons. The van der Waals surface area contributed by atoms with Crippen molar-refractivity contribution in [2.75, 3.05) is 26.4 Å². The van der Waals surface area contributed by atoms with Gasteiger partial charge in [0.05, 0.1) is 11.3 Å². The number of hydrogen-bond acceptors (Lipinski definition) is 5. The number of rotatable bonds is 2. The molecular formula is C26H29F3N2O3. The highest BCUT2D eigenvalue weighted by Crippen LogP contribution is 2.55. The molecule has 1 atom stereocenters. The third-order valence-corrected chi connectivity index (χ3v) is 7.89. The fourth-order valence-electron chi connectivity index (χ4n) is 6.22. The maximum Gasteiger partial charge on any atom is 0.433 e. The first kappa shape index (κ1) is 22.4. The molecule has 5 nitrogen and oxygen atoms in total. The number of alkyl halides is 3. The number of fused-ring (bicyclic) bond motifs is 4. The van der Waals surface area contributed by atoms with Gasteiger partial charge >= 0.3 is 6.18 Å². The first-order chi connectivity index (χ1) is 16.5. The Morgan fingerprint density at radius 3 is 2.38 bits per heavy atom. The van der Waals surface area contributed by atoms with E-state index in [1.165, 1.54) is 29.1 Å². The van der Waals surface area contributed by atoms with E-state index in [2.05, 4.69) is 4.98 Å². The van der Waals surface area contributed by atoms with Crippen LogP contribution in [0.1, 0.15) is 89.9 Å². The lowest BCUT2D eigenvalue weighted by Crippen LogP contribution is -2.35. The number of halogens is 3. The van der Waals surface area contributed by atoms with Gasteiger partial charge in [-0.25, -0.2) is 0 Å². The third-order valence-electron chi connectivity index (χ3n) is 7.89. The van der Waals surface area contributed by atoms with Crippen molar-refractivity contribution in [3.05, 3.63) is 57.7 Å². The van der Waals surface area contributed by atoms with Gasteiger partial charge in [-0.2, -0.15) is 13.2 Å². The predicted molar refractivity (Wildman–Crippen MR) is 118 cm³/mol. The number of aromatic nitrogens is 2. The van der Waals surface area contributed by atoms with E-state index in [0.29, 0.717) is 32.0 Å². The van der Waals surface area contributed by atoms with Gasteiger partial charge in [-0.1, -0.05) is 6.07 Å². The Labute approximate surface area is 197 Å². The number of aryl methyl sites for hydroxylation is 1. The average Bonchev–Trinajstić information content (AvgIpc) is 3.18. The Morgan fingerprint density at radius 1 is 0.941 bits per heavy atom. The molecule has 0 amide bonds. The molecule has 0 radical (unpaired) electrons. The number of nitrogens with zero attached hydrogens (tertiary/aromatic N) is 2. The molecule has 8 heteroatoms. The van der Waals surface area contributed by atoms with E-state index in [9.17, 15) is 13.2 Å². The SMILES string of the molecule is FC(F)(F)c1ccc(C2OC3(CCOCC3)c3c4c(nc(C5CCOCC5)c32)CCCC4)cn1. The van der Waals surface area contributed by atoms with Gasteiger partial charge in [0.25, 0.3) is 0 Å². The van der Waals surface area contributed by atoms with Crippen LogP contribution >= 0.6 is 0 Å². The van der Waals surface area contributed by atoms with Crippen LogP contribution in [0.25, 0.3) is 0 Å². The molecule has 1 unspecified atom stereocenters. The zero-order valence-corrected chi connectivity index (χ0v) is 19.1. The van der Waals surface area contributed by atoms with Crippen molar-refractivity contribution >= 4 is 0 Å². The van der Waals surface area contributed by atoms with E-state index < -0.39 is 23.6 Å². The molecule has 0 aromatic carbocycles. The molecule has 34 heavy (non-hydrogen) atoms. The summed E-state index contributed by atoms with van der Waals surface area (Å²) in [6, 6.07) is 2.59. The van der Waals surface area contributed by atoms with Crippen molar-refractivity contribution in [3.8, 4) is 0 Å². The fourth-order valence-corrected chi connectivity index (χ4v) is 6.22. The topological polar surface area (TPSA) is 53.5 Å². The average molecular weight is 475 g/mol. The fraction of sp³-hybridized carbons (Fsp3) is 0.615. The van der Waals surface area contributed by atoms with Gasteiger partial charge in [-0.05, 0) is 55.7 Å². The molecular weight excluding hydrogens is 445 g/mol. The quantitative estimate of drug-likeness (QED) is 0.584. The van der Waals surface area contributed by atoms with E-state index in [-0.39, 0.29) is 5.92 Å². The van der Waals surface area contributed by atoms with E-state index in [1.807, 2.05) is 0 Å². The minimum Gasteiger partial charge on any atom is -0.381 e. The highest BCUT2D eigenvalue weighted by molar-refractivity contribution is 5.53. The van der Waals surface area contributed by atoms with Gasteiger partial charge in [0.2, 0.25) is 0 Å². The Hall–Kier alpha value is -2.03. The van der Waals surface area contributed by atoms with Gasteiger partial charge in [-0.3, -0.25) is 9.97 Å². The van der Waals surface area contributed by atoms with Crippen LogP contribution in [0.15, 0.2) is 18.3 Å². The first-order valence-corrected chi connectivity index (χ1v) is 12.4. The summed E-state index contributed by atoms with van der Waals surface area (Å²) in [6.07, 6.45) is 3.87. The van der Waals surface area contributed by atoms with Crippen molar-refractivity contribution < 1.29 is 27.4 Å².